The molecule has 0 spiro atoms. The van der Waals surface area contributed by atoms with Crippen LogP contribution >= 0.6 is 22.7 Å². The van der Waals surface area contributed by atoms with Crippen molar-refractivity contribution in [1.82, 2.24) is 0 Å². The number of rotatable bonds is 0. The maximum atomic E-state index is 2.34. The SMILES string of the molecule is CC.Cc1cc2sc(C(C)(C)C)cc2s1. The van der Waals surface area contributed by atoms with Gasteiger partial charge in [0, 0.05) is 19.2 Å². The molecular weight excluding hydrogens is 220 g/mol. The zero-order valence-electron chi connectivity index (χ0n) is 10.5. The van der Waals surface area contributed by atoms with Crippen molar-refractivity contribution in [2.75, 3.05) is 0 Å². The van der Waals surface area contributed by atoms with Crippen molar-refractivity contribution < 1.29 is 0 Å². The predicted octanol–water partition coefficient (Wildman–Crippen LogP) is 5.59. The Bertz CT molecular complexity index is 395. The summed E-state index contributed by atoms with van der Waals surface area (Å²) in [7, 11) is 0. The number of aryl methyl sites for hydroxylation is 1. The summed E-state index contributed by atoms with van der Waals surface area (Å²) in [5.74, 6) is 0. The normalized spacial score (nSPS) is 11.3. The van der Waals surface area contributed by atoms with Crippen LogP contribution in [0.3, 0.4) is 0 Å². The fourth-order valence-electron chi connectivity index (χ4n) is 1.33. The van der Waals surface area contributed by atoms with Crippen molar-refractivity contribution in [3.63, 3.8) is 0 Å². The molecule has 0 bridgehead atoms. The highest BCUT2D eigenvalue weighted by Gasteiger charge is 2.17. The van der Waals surface area contributed by atoms with E-state index in [1.54, 1.807) is 0 Å². The van der Waals surface area contributed by atoms with Gasteiger partial charge in [-0.1, -0.05) is 34.6 Å². The van der Waals surface area contributed by atoms with Crippen LogP contribution in [0.15, 0.2) is 12.1 Å². The zero-order valence-corrected chi connectivity index (χ0v) is 12.1. The van der Waals surface area contributed by atoms with Gasteiger partial charge in [-0.05, 0) is 24.5 Å². The molecule has 0 aromatic carbocycles. The minimum Gasteiger partial charge on any atom is -0.140 e. The topological polar surface area (TPSA) is 0 Å². The summed E-state index contributed by atoms with van der Waals surface area (Å²) >= 11 is 3.83. The van der Waals surface area contributed by atoms with Crippen LogP contribution in [0.5, 0.6) is 0 Å². The molecule has 2 aromatic rings. The van der Waals surface area contributed by atoms with Crippen molar-refractivity contribution in [2.45, 2.75) is 47.0 Å². The van der Waals surface area contributed by atoms with Crippen molar-refractivity contribution in [1.29, 1.82) is 0 Å². The molecule has 2 heterocycles. The standard InChI is InChI=1S/C11H14S2.C2H6/c1-7-5-8-9(12-7)6-10(13-8)11(2,3)4;1-2/h5-6H,1-4H3;1-2H3. The second kappa shape index (κ2) is 4.67. The van der Waals surface area contributed by atoms with Crippen LogP contribution in [-0.2, 0) is 5.41 Å². The molecule has 0 aliphatic carbocycles. The van der Waals surface area contributed by atoms with E-state index in [4.69, 9.17) is 0 Å². The Morgan fingerprint density at radius 2 is 1.47 bits per heavy atom. The smallest absolute Gasteiger partial charge is 0.0456 e. The van der Waals surface area contributed by atoms with Crippen molar-refractivity contribution in [3.8, 4) is 0 Å². The van der Waals surface area contributed by atoms with Crippen molar-refractivity contribution >= 4 is 32.1 Å². The van der Waals surface area contributed by atoms with Crippen LogP contribution in [0.25, 0.3) is 9.40 Å². The van der Waals surface area contributed by atoms with Crippen LogP contribution in [0, 0.1) is 6.92 Å². The average Bonchev–Trinajstić information content (AvgIpc) is 2.63. The lowest BCUT2D eigenvalue weighted by Crippen LogP contribution is -2.07. The first kappa shape index (κ1) is 12.7. The van der Waals surface area contributed by atoms with E-state index in [1.807, 2.05) is 36.5 Å². The van der Waals surface area contributed by atoms with Gasteiger partial charge >= 0.3 is 0 Å². The van der Waals surface area contributed by atoms with Gasteiger partial charge in [0.15, 0.2) is 0 Å². The molecule has 15 heavy (non-hydrogen) atoms. The third kappa shape index (κ3) is 2.82. The summed E-state index contributed by atoms with van der Waals surface area (Å²) in [6, 6.07) is 4.64. The number of thiophene rings is 2. The fourth-order valence-corrected chi connectivity index (χ4v) is 3.70. The summed E-state index contributed by atoms with van der Waals surface area (Å²) in [6.45, 7) is 13.0. The summed E-state index contributed by atoms with van der Waals surface area (Å²) in [5, 5.41) is 0. The van der Waals surface area contributed by atoms with Crippen LogP contribution in [0.2, 0.25) is 0 Å². The van der Waals surface area contributed by atoms with Gasteiger partial charge in [0.05, 0.1) is 0 Å². The highest BCUT2D eigenvalue weighted by Crippen LogP contribution is 2.38. The van der Waals surface area contributed by atoms with Gasteiger partial charge in [-0.15, -0.1) is 22.7 Å². The van der Waals surface area contributed by atoms with Gasteiger partial charge in [-0.25, -0.2) is 0 Å². The summed E-state index contributed by atoms with van der Waals surface area (Å²) in [4.78, 5) is 2.91. The Kier molecular flexibility index (Phi) is 3.96. The third-order valence-electron chi connectivity index (χ3n) is 2.07. The Labute approximate surface area is 101 Å². The van der Waals surface area contributed by atoms with E-state index < -0.39 is 0 Å². The molecule has 0 aliphatic rings. The van der Waals surface area contributed by atoms with Gasteiger partial charge < -0.3 is 0 Å². The van der Waals surface area contributed by atoms with E-state index >= 15 is 0 Å². The van der Waals surface area contributed by atoms with Crippen LogP contribution < -0.4 is 0 Å². The lowest BCUT2D eigenvalue weighted by Gasteiger charge is -2.14. The lowest BCUT2D eigenvalue weighted by molar-refractivity contribution is 0.604. The molecule has 2 heteroatoms. The molecule has 0 aliphatic heterocycles. The monoisotopic (exact) mass is 240 g/mol. The molecule has 0 N–H and O–H groups in total. The average molecular weight is 240 g/mol. The molecular formula is C13H20S2. The van der Waals surface area contributed by atoms with E-state index in [9.17, 15) is 0 Å². The van der Waals surface area contributed by atoms with Gasteiger partial charge in [-0.2, -0.15) is 0 Å². The van der Waals surface area contributed by atoms with Gasteiger partial charge in [0.1, 0.15) is 0 Å². The first-order valence-corrected chi connectivity index (χ1v) is 7.10. The quantitative estimate of drug-likeness (QED) is 0.562. The maximum absolute atomic E-state index is 2.34. The minimum absolute atomic E-state index is 0.303. The second-order valence-electron chi connectivity index (χ2n) is 4.45. The van der Waals surface area contributed by atoms with Gasteiger partial charge in [0.2, 0.25) is 0 Å². The van der Waals surface area contributed by atoms with Crippen LogP contribution in [-0.4, -0.2) is 0 Å². The zero-order chi connectivity index (χ0) is 11.6. The molecule has 0 radical (unpaired) electrons. The molecule has 0 saturated heterocycles. The first-order valence-electron chi connectivity index (χ1n) is 5.47. The summed E-state index contributed by atoms with van der Waals surface area (Å²) < 4.78 is 2.90. The predicted molar refractivity (Wildman–Crippen MR) is 74.5 cm³/mol. The molecule has 2 rings (SSSR count). The molecule has 0 atom stereocenters. The number of fused-ring (bicyclic) bond motifs is 1. The summed E-state index contributed by atoms with van der Waals surface area (Å²) in [6.07, 6.45) is 0. The fraction of sp³-hybridized carbons (Fsp3) is 0.538. The van der Waals surface area contributed by atoms with Gasteiger partial charge in [-0.3, -0.25) is 0 Å². The van der Waals surface area contributed by atoms with Crippen molar-refractivity contribution in [2.24, 2.45) is 0 Å². The molecule has 0 nitrogen and oxygen atoms in total. The Morgan fingerprint density at radius 3 is 1.93 bits per heavy atom. The highest BCUT2D eigenvalue weighted by atomic mass is 32.1. The van der Waals surface area contributed by atoms with Crippen LogP contribution in [0.1, 0.15) is 44.4 Å². The number of hydrogen-bond donors (Lipinski definition) is 0. The molecule has 0 fully saturated rings. The van der Waals surface area contributed by atoms with E-state index in [0.717, 1.165) is 0 Å². The Hall–Kier alpha value is -0.340. The molecule has 0 unspecified atom stereocenters. The van der Waals surface area contributed by atoms with E-state index in [-0.39, 0.29) is 0 Å². The van der Waals surface area contributed by atoms with Crippen LogP contribution in [0.4, 0.5) is 0 Å². The second-order valence-corrected chi connectivity index (χ2v) is 6.82. The minimum atomic E-state index is 0.303. The maximum Gasteiger partial charge on any atom is 0.0456 e. The Balaban J connectivity index is 0.000000531. The highest BCUT2D eigenvalue weighted by molar-refractivity contribution is 7.27. The molecule has 0 amide bonds. The number of hydrogen-bond acceptors (Lipinski definition) is 2. The van der Waals surface area contributed by atoms with Crippen molar-refractivity contribution in [3.05, 3.63) is 21.9 Å². The molecule has 84 valence electrons. The first-order chi connectivity index (χ1) is 6.97. The lowest BCUT2D eigenvalue weighted by atomic mass is 9.95. The largest absolute Gasteiger partial charge is 0.140 e. The summed E-state index contributed by atoms with van der Waals surface area (Å²) in [5.41, 5.74) is 0.303. The van der Waals surface area contributed by atoms with E-state index in [0.29, 0.717) is 5.41 Å². The van der Waals surface area contributed by atoms with Gasteiger partial charge in [0.25, 0.3) is 0 Å². The molecule has 2 aromatic heterocycles. The Morgan fingerprint density at radius 1 is 0.933 bits per heavy atom. The molecule has 0 saturated carbocycles. The third-order valence-corrected chi connectivity index (χ3v) is 4.70. The van der Waals surface area contributed by atoms with E-state index in [2.05, 4.69) is 39.8 Å². The van der Waals surface area contributed by atoms with E-state index in [1.165, 1.54) is 19.2 Å².